The highest BCUT2D eigenvalue weighted by molar-refractivity contribution is 6.47. The predicted molar refractivity (Wildman–Crippen MR) is 158 cm³/mol. The molecule has 8 nitrogen and oxygen atoms in total. The van der Waals surface area contributed by atoms with E-state index < -0.39 is 11.7 Å². The Kier molecular flexibility index (Phi) is 6.54. The molecule has 2 aliphatic heterocycles. The summed E-state index contributed by atoms with van der Waals surface area (Å²) in [6, 6.07) is 21.6. The molecule has 6 rings (SSSR count). The third-order valence-corrected chi connectivity index (χ3v) is 7.83. The van der Waals surface area contributed by atoms with Gasteiger partial charge in [0.05, 0.1) is 11.7 Å². The average Bonchev–Trinajstić information content (AvgIpc) is 3.25. The first-order valence-corrected chi connectivity index (χ1v) is 13.6. The minimum absolute atomic E-state index is 0.197. The predicted octanol–water partition coefficient (Wildman–Crippen LogP) is 4.92. The number of amides is 1. The zero-order chi connectivity index (χ0) is 28.0. The summed E-state index contributed by atoms with van der Waals surface area (Å²) in [4.78, 5) is 35.9. The van der Waals surface area contributed by atoms with Crippen molar-refractivity contribution in [1.82, 2.24) is 9.55 Å². The lowest BCUT2D eigenvalue weighted by Crippen LogP contribution is -2.57. The van der Waals surface area contributed by atoms with Gasteiger partial charge in [0.25, 0.3) is 11.7 Å². The molecule has 1 amide bonds. The van der Waals surface area contributed by atoms with E-state index in [1.807, 2.05) is 68.4 Å². The quantitative estimate of drug-likeness (QED) is 0.289. The first-order valence-electron chi connectivity index (χ1n) is 13.6. The number of aryl methyl sites for hydroxylation is 3. The maximum Gasteiger partial charge on any atom is 0.298 e. The Morgan fingerprint density at radius 2 is 1.77 bits per heavy atom. The number of ketones is 1. The summed E-state index contributed by atoms with van der Waals surface area (Å²) in [5.74, 6) is 0.458. The number of aromatic nitrogens is 2. The summed E-state index contributed by atoms with van der Waals surface area (Å²) in [5.41, 5.74) is 6.67. The number of nitrogens with one attached hydrogen (secondary N) is 1. The van der Waals surface area contributed by atoms with Crippen molar-refractivity contribution in [2.24, 2.45) is 7.05 Å². The number of benzene rings is 2. The van der Waals surface area contributed by atoms with Gasteiger partial charge < -0.3 is 24.4 Å². The second-order valence-corrected chi connectivity index (χ2v) is 10.7. The number of carbonyl (C=O) groups excluding carboxylic acids is 2. The number of rotatable bonds is 5. The Hall–Kier alpha value is -4.59. The van der Waals surface area contributed by atoms with Crippen molar-refractivity contribution in [2.45, 2.75) is 26.8 Å². The van der Waals surface area contributed by atoms with Gasteiger partial charge in [-0.2, -0.15) is 0 Å². The lowest BCUT2D eigenvalue weighted by molar-refractivity contribution is -0.112. The van der Waals surface area contributed by atoms with Gasteiger partial charge in [0.15, 0.2) is 0 Å². The zero-order valence-corrected chi connectivity index (χ0v) is 23.3. The Labute approximate surface area is 234 Å². The van der Waals surface area contributed by atoms with Gasteiger partial charge in [-0.25, -0.2) is 4.98 Å². The number of hydrogen-bond acceptors (Lipinski definition) is 6. The van der Waals surface area contributed by atoms with Crippen LogP contribution in [0.2, 0.25) is 0 Å². The van der Waals surface area contributed by atoms with E-state index in [1.54, 1.807) is 11.6 Å². The van der Waals surface area contributed by atoms with Crippen molar-refractivity contribution in [2.75, 3.05) is 41.4 Å². The molecule has 2 aromatic heterocycles. The molecule has 4 heterocycles. The van der Waals surface area contributed by atoms with Gasteiger partial charge >= 0.3 is 0 Å². The Balaban J connectivity index is 1.18. The molecule has 40 heavy (non-hydrogen) atoms. The second kappa shape index (κ2) is 10.2. The van der Waals surface area contributed by atoms with Gasteiger partial charge in [0, 0.05) is 55.4 Å². The molecular formula is C32H33N5O3. The minimum Gasteiger partial charge on any atom is -0.489 e. The summed E-state index contributed by atoms with van der Waals surface area (Å²) >= 11 is 0. The number of pyridine rings is 1. The highest BCUT2D eigenvalue weighted by Gasteiger charge is 2.34. The van der Waals surface area contributed by atoms with Crippen molar-refractivity contribution in [3.8, 4) is 16.9 Å². The third-order valence-electron chi connectivity index (χ3n) is 7.83. The lowest BCUT2D eigenvalue weighted by atomic mass is 10.0. The van der Waals surface area contributed by atoms with Gasteiger partial charge in [0.2, 0.25) is 0 Å². The Morgan fingerprint density at radius 3 is 2.55 bits per heavy atom. The molecule has 0 saturated carbocycles. The highest BCUT2D eigenvalue weighted by atomic mass is 16.5. The Morgan fingerprint density at radius 1 is 0.975 bits per heavy atom. The topological polar surface area (TPSA) is 79.7 Å². The van der Waals surface area contributed by atoms with Crippen LogP contribution in [0.1, 0.15) is 27.4 Å². The van der Waals surface area contributed by atoms with Crippen molar-refractivity contribution in [3.05, 3.63) is 89.4 Å². The Bertz CT molecular complexity index is 1590. The smallest absolute Gasteiger partial charge is 0.298 e. The molecule has 1 fully saturated rings. The van der Waals surface area contributed by atoms with Gasteiger partial charge in [0.1, 0.15) is 23.9 Å². The highest BCUT2D eigenvalue weighted by Crippen LogP contribution is 2.38. The van der Waals surface area contributed by atoms with Crippen LogP contribution < -0.4 is 19.9 Å². The monoisotopic (exact) mass is 535 g/mol. The van der Waals surface area contributed by atoms with Crippen LogP contribution in [0.4, 0.5) is 17.2 Å². The minimum atomic E-state index is -0.679. The number of carbonyl (C=O) groups is 2. The lowest BCUT2D eigenvalue weighted by Gasteiger charge is -2.46. The number of piperazine rings is 1. The molecule has 8 heteroatoms. The molecule has 0 aliphatic carbocycles. The molecule has 204 valence electrons. The van der Waals surface area contributed by atoms with Crippen LogP contribution in [-0.2, 0) is 11.8 Å². The molecule has 4 aromatic rings. The maximum absolute atomic E-state index is 13.4. The van der Waals surface area contributed by atoms with E-state index in [0.717, 1.165) is 53.7 Å². The molecule has 1 unspecified atom stereocenters. The summed E-state index contributed by atoms with van der Waals surface area (Å²) < 4.78 is 7.93. The summed E-state index contributed by atoms with van der Waals surface area (Å²) in [5, 5.41) is 2.80. The van der Waals surface area contributed by atoms with Crippen LogP contribution in [0, 0.1) is 20.8 Å². The third kappa shape index (κ3) is 4.70. The van der Waals surface area contributed by atoms with Crippen LogP contribution in [-0.4, -0.2) is 53.5 Å². The molecule has 1 saturated heterocycles. The molecule has 0 spiro atoms. The summed E-state index contributed by atoms with van der Waals surface area (Å²) in [6.45, 7) is 9.11. The standard InChI is InChI=1S/C32H33N5O3/c1-20-14-21(2)33-29(15-20)36-12-13-37-25(18-36)19-40-28-17-24(10-11-27(28)37)34-32(39)31(38)30-26(16-22(3)35(30)4)23-8-6-5-7-9-23/h5-11,14-17,25H,12-13,18-19H2,1-4H3,(H,34,39). The van der Waals surface area contributed by atoms with Crippen molar-refractivity contribution < 1.29 is 14.3 Å². The van der Waals surface area contributed by atoms with E-state index in [9.17, 15) is 9.59 Å². The molecular weight excluding hydrogens is 502 g/mol. The molecule has 2 aromatic carbocycles. The van der Waals surface area contributed by atoms with Gasteiger partial charge in [-0.15, -0.1) is 0 Å². The van der Waals surface area contributed by atoms with Crippen LogP contribution >= 0.6 is 0 Å². The van der Waals surface area contributed by atoms with Gasteiger partial charge in [-0.3, -0.25) is 9.59 Å². The summed E-state index contributed by atoms with van der Waals surface area (Å²) in [6.07, 6.45) is 0. The van der Waals surface area contributed by atoms with Crippen molar-refractivity contribution in [3.63, 3.8) is 0 Å². The van der Waals surface area contributed by atoms with Crippen LogP contribution in [0.5, 0.6) is 5.75 Å². The fourth-order valence-electron chi connectivity index (χ4n) is 5.77. The number of nitrogens with zero attached hydrogens (tertiary/aromatic N) is 4. The normalized spacial score (nSPS) is 16.1. The van der Waals surface area contributed by atoms with E-state index in [0.29, 0.717) is 23.7 Å². The van der Waals surface area contributed by atoms with E-state index in [4.69, 9.17) is 9.72 Å². The molecule has 0 bridgehead atoms. The van der Waals surface area contributed by atoms with E-state index in [-0.39, 0.29) is 6.04 Å². The molecule has 2 aliphatic rings. The van der Waals surface area contributed by atoms with Crippen molar-refractivity contribution in [1.29, 1.82) is 0 Å². The number of Topliss-reactive ketones (excluding diaryl/α,β-unsaturated/α-hetero) is 1. The van der Waals surface area contributed by atoms with E-state index in [1.165, 1.54) is 5.56 Å². The number of hydrogen-bond donors (Lipinski definition) is 1. The molecule has 1 atom stereocenters. The van der Waals surface area contributed by atoms with Gasteiger partial charge in [-0.05, 0) is 62.2 Å². The SMILES string of the molecule is Cc1cc(C)nc(N2CCN3c4ccc(NC(=O)C(=O)c5c(-c6ccccc6)cc(C)n5C)cc4OCC3C2)c1. The first-order chi connectivity index (χ1) is 19.3. The first kappa shape index (κ1) is 25.7. The fourth-order valence-corrected chi connectivity index (χ4v) is 5.77. The van der Waals surface area contributed by atoms with Crippen LogP contribution in [0.15, 0.2) is 66.7 Å². The van der Waals surface area contributed by atoms with E-state index >= 15 is 0 Å². The zero-order valence-electron chi connectivity index (χ0n) is 23.3. The van der Waals surface area contributed by atoms with E-state index in [2.05, 4.69) is 34.2 Å². The number of fused-ring (bicyclic) bond motifs is 3. The van der Waals surface area contributed by atoms with Crippen molar-refractivity contribution >= 4 is 28.9 Å². The van der Waals surface area contributed by atoms with Crippen LogP contribution in [0.25, 0.3) is 11.1 Å². The average molecular weight is 536 g/mol. The maximum atomic E-state index is 13.4. The molecule has 0 radical (unpaired) electrons. The van der Waals surface area contributed by atoms with Gasteiger partial charge in [-0.1, -0.05) is 30.3 Å². The largest absolute Gasteiger partial charge is 0.489 e. The number of anilines is 3. The second-order valence-electron chi connectivity index (χ2n) is 10.7. The number of ether oxygens (including phenoxy) is 1. The fraction of sp³-hybridized carbons (Fsp3) is 0.281. The summed E-state index contributed by atoms with van der Waals surface area (Å²) in [7, 11) is 1.81. The van der Waals surface area contributed by atoms with Crippen LogP contribution in [0.3, 0.4) is 0 Å². The molecule has 1 N–H and O–H groups in total.